The van der Waals surface area contributed by atoms with Crippen LogP contribution in [0.4, 0.5) is 4.79 Å². The zero-order valence-corrected chi connectivity index (χ0v) is 10.1. The molecule has 0 aromatic heterocycles. The Morgan fingerprint density at radius 3 is 2.44 bits per heavy atom. The molecule has 0 radical (unpaired) electrons. The first-order chi connectivity index (χ1) is 7.45. The first-order valence-corrected chi connectivity index (χ1v) is 5.04. The second-order valence-corrected chi connectivity index (χ2v) is 3.89. The van der Waals surface area contributed by atoms with Crippen molar-refractivity contribution in [3.05, 3.63) is 28.8 Å². The van der Waals surface area contributed by atoms with Crippen LogP contribution in [0.2, 0.25) is 0 Å². The van der Waals surface area contributed by atoms with E-state index in [0.29, 0.717) is 6.54 Å². The molecule has 0 aliphatic carbocycles. The summed E-state index contributed by atoms with van der Waals surface area (Å²) in [6.45, 7) is 4.33. The molecule has 0 fully saturated rings. The van der Waals surface area contributed by atoms with E-state index in [1.165, 1.54) is 11.9 Å². The van der Waals surface area contributed by atoms with Gasteiger partial charge in [0.25, 0.3) is 0 Å². The van der Waals surface area contributed by atoms with Crippen LogP contribution in [0.3, 0.4) is 0 Å². The molecule has 1 N–H and O–H groups in total. The molecule has 0 atom stereocenters. The third-order valence-corrected chi connectivity index (χ3v) is 2.63. The van der Waals surface area contributed by atoms with E-state index in [4.69, 9.17) is 9.84 Å². The van der Waals surface area contributed by atoms with Crippen LogP contribution in [0.15, 0.2) is 12.1 Å². The molecule has 4 heteroatoms. The number of nitrogens with zero attached hydrogens (tertiary/aromatic N) is 1. The fourth-order valence-electron chi connectivity index (χ4n) is 1.49. The van der Waals surface area contributed by atoms with Crippen LogP contribution in [-0.4, -0.2) is 30.3 Å². The molecule has 4 nitrogen and oxygen atoms in total. The largest absolute Gasteiger partial charge is 0.496 e. The molecule has 1 amide bonds. The minimum Gasteiger partial charge on any atom is -0.496 e. The van der Waals surface area contributed by atoms with Crippen LogP contribution in [0.25, 0.3) is 0 Å². The maximum absolute atomic E-state index is 10.7. The average Bonchev–Trinajstić information content (AvgIpc) is 2.22. The Morgan fingerprint density at radius 1 is 1.38 bits per heavy atom. The number of aryl methyl sites for hydroxylation is 2. The van der Waals surface area contributed by atoms with Crippen LogP contribution < -0.4 is 4.74 Å². The Hall–Kier alpha value is -1.71. The number of benzene rings is 1. The second kappa shape index (κ2) is 4.88. The van der Waals surface area contributed by atoms with Crippen LogP contribution in [0.5, 0.6) is 5.75 Å². The zero-order valence-electron chi connectivity index (χ0n) is 10.1. The number of ether oxygens (including phenoxy) is 1. The van der Waals surface area contributed by atoms with Gasteiger partial charge in [-0.1, -0.05) is 6.07 Å². The molecule has 0 heterocycles. The van der Waals surface area contributed by atoms with E-state index in [1.807, 2.05) is 26.0 Å². The molecule has 0 saturated carbocycles. The van der Waals surface area contributed by atoms with Crippen LogP contribution >= 0.6 is 0 Å². The van der Waals surface area contributed by atoms with Gasteiger partial charge in [0.05, 0.1) is 13.7 Å². The fraction of sp³-hybridized carbons (Fsp3) is 0.417. The first kappa shape index (κ1) is 12.4. The first-order valence-electron chi connectivity index (χ1n) is 5.04. The Balaban J connectivity index is 3.03. The summed E-state index contributed by atoms with van der Waals surface area (Å²) in [5.41, 5.74) is 3.16. The van der Waals surface area contributed by atoms with E-state index in [0.717, 1.165) is 22.4 Å². The van der Waals surface area contributed by atoms with E-state index >= 15 is 0 Å². The number of methoxy groups -OCH3 is 1. The lowest BCUT2D eigenvalue weighted by atomic mass is 10.0. The number of carboxylic acid groups (broad SMARTS) is 1. The lowest BCUT2D eigenvalue weighted by molar-refractivity contribution is 0.153. The van der Waals surface area contributed by atoms with Crippen molar-refractivity contribution in [3.63, 3.8) is 0 Å². The summed E-state index contributed by atoms with van der Waals surface area (Å²) in [7, 11) is 3.13. The van der Waals surface area contributed by atoms with Crippen molar-refractivity contribution in [1.82, 2.24) is 4.90 Å². The summed E-state index contributed by atoms with van der Waals surface area (Å²) in [5.74, 6) is 0.733. The fourth-order valence-corrected chi connectivity index (χ4v) is 1.49. The average molecular weight is 223 g/mol. The number of hydrogen-bond donors (Lipinski definition) is 1. The van der Waals surface area contributed by atoms with E-state index in [1.54, 1.807) is 7.11 Å². The molecule has 1 aromatic rings. The van der Waals surface area contributed by atoms with Gasteiger partial charge < -0.3 is 14.7 Å². The molecule has 1 rings (SSSR count). The summed E-state index contributed by atoms with van der Waals surface area (Å²) >= 11 is 0. The molecular weight excluding hydrogens is 206 g/mol. The van der Waals surface area contributed by atoms with Gasteiger partial charge in [0.15, 0.2) is 0 Å². The Kier molecular flexibility index (Phi) is 3.77. The van der Waals surface area contributed by atoms with Crippen LogP contribution in [0.1, 0.15) is 16.7 Å². The maximum Gasteiger partial charge on any atom is 0.407 e. The lowest BCUT2D eigenvalue weighted by Crippen LogP contribution is -2.24. The summed E-state index contributed by atoms with van der Waals surface area (Å²) in [4.78, 5) is 12.0. The van der Waals surface area contributed by atoms with E-state index in [9.17, 15) is 4.79 Å². The van der Waals surface area contributed by atoms with Crippen molar-refractivity contribution >= 4 is 6.09 Å². The third-order valence-electron chi connectivity index (χ3n) is 2.63. The topological polar surface area (TPSA) is 49.8 Å². The van der Waals surface area contributed by atoms with Gasteiger partial charge in [0.1, 0.15) is 5.75 Å². The van der Waals surface area contributed by atoms with Gasteiger partial charge in [-0.25, -0.2) is 4.79 Å². The van der Waals surface area contributed by atoms with Gasteiger partial charge in [-0.2, -0.15) is 0 Å². The molecule has 0 bridgehead atoms. The summed E-state index contributed by atoms with van der Waals surface area (Å²) in [6, 6.07) is 3.90. The molecule has 0 unspecified atom stereocenters. The second-order valence-electron chi connectivity index (χ2n) is 3.89. The van der Waals surface area contributed by atoms with Gasteiger partial charge in [0.2, 0.25) is 0 Å². The normalized spacial score (nSPS) is 10.0. The summed E-state index contributed by atoms with van der Waals surface area (Å²) in [5, 5.41) is 8.82. The van der Waals surface area contributed by atoms with Crippen molar-refractivity contribution in [2.45, 2.75) is 20.4 Å². The van der Waals surface area contributed by atoms with E-state index < -0.39 is 6.09 Å². The molecule has 0 aliphatic rings. The summed E-state index contributed by atoms with van der Waals surface area (Å²) in [6.07, 6.45) is -0.944. The maximum atomic E-state index is 10.7. The number of hydrogen-bond acceptors (Lipinski definition) is 2. The van der Waals surface area contributed by atoms with Gasteiger partial charge in [-0.3, -0.25) is 0 Å². The Labute approximate surface area is 95.5 Å². The molecule has 0 aliphatic heterocycles. The van der Waals surface area contributed by atoms with Crippen molar-refractivity contribution in [2.75, 3.05) is 14.2 Å². The zero-order chi connectivity index (χ0) is 12.3. The Bertz CT molecular complexity index is 401. The number of rotatable bonds is 3. The number of carbonyl (C=O) groups is 1. The molecule has 88 valence electrons. The third kappa shape index (κ3) is 2.66. The highest BCUT2D eigenvalue weighted by atomic mass is 16.5. The molecule has 16 heavy (non-hydrogen) atoms. The lowest BCUT2D eigenvalue weighted by Gasteiger charge is -2.17. The highest BCUT2D eigenvalue weighted by Crippen LogP contribution is 2.24. The summed E-state index contributed by atoms with van der Waals surface area (Å²) < 4.78 is 5.24. The highest BCUT2D eigenvalue weighted by Gasteiger charge is 2.11. The monoisotopic (exact) mass is 223 g/mol. The quantitative estimate of drug-likeness (QED) is 0.856. The van der Waals surface area contributed by atoms with Crippen LogP contribution in [0, 0.1) is 13.8 Å². The smallest absolute Gasteiger partial charge is 0.407 e. The minimum absolute atomic E-state index is 0.333. The Morgan fingerprint density at radius 2 is 1.94 bits per heavy atom. The molecule has 0 saturated heterocycles. The van der Waals surface area contributed by atoms with Crippen LogP contribution in [-0.2, 0) is 6.54 Å². The van der Waals surface area contributed by atoms with Crippen molar-refractivity contribution in [1.29, 1.82) is 0 Å². The number of amides is 1. The van der Waals surface area contributed by atoms with Crippen molar-refractivity contribution < 1.29 is 14.6 Å². The van der Waals surface area contributed by atoms with E-state index in [2.05, 4.69) is 0 Å². The van der Waals surface area contributed by atoms with Crippen molar-refractivity contribution in [2.24, 2.45) is 0 Å². The van der Waals surface area contributed by atoms with Gasteiger partial charge >= 0.3 is 6.09 Å². The predicted octanol–water partition coefficient (Wildman–Crippen LogP) is 2.42. The van der Waals surface area contributed by atoms with Gasteiger partial charge in [-0.15, -0.1) is 0 Å². The standard InChI is InChI=1S/C12H17NO3/c1-8-5-10(7-13(3)12(14)15)11(16-4)6-9(8)2/h5-6H,7H2,1-4H3,(H,14,15). The van der Waals surface area contributed by atoms with Crippen molar-refractivity contribution in [3.8, 4) is 5.75 Å². The highest BCUT2D eigenvalue weighted by molar-refractivity contribution is 5.64. The van der Waals surface area contributed by atoms with Gasteiger partial charge in [0, 0.05) is 12.6 Å². The molecule has 1 aromatic carbocycles. The molecule has 0 spiro atoms. The minimum atomic E-state index is -0.944. The molecular formula is C12H17NO3. The SMILES string of the molecule is COc1cc(C)c(C)cc1CN(C)C(=O)O. The predicted molar refractivity (Wildman–Crippen MR) is 62.0 cm³/mol. The van der Waals surface area contributed by atoms with Gasteiger partial charge in [-0.05, 0) is 31.0 Å². The van der Waals surface area contributed by atoms with E-state index in [-0.39, 0.29) is 0 Å².